The molecule has 2 rings (SSSR count). The molecule has 2 aromatic rings. The monoisotopic (exact) mass is 313 g/mol. The Labute approximate surface area is 123 Å². The van der Waals surface area contributed by atoms with Crippen molar-refractivity contribution in [3.8, 4) is 0 Å². The van der Waals surface area contributed by atoms with Crippen LogP contribution in [0.3, 0.4) is 0 Å². The highest BCUT2D eigenvalue weighted by Gasteiger charge is 2.22. The molecule has 0 aliphatic heterocycles. The Morgan fingerprint density at radius 2 is 2.05 bits per heavy atom. The third-order valence-corrected chi connectivity index (χ3v) is 3.11. The highest BCUT2D eigenvalue weighted by Crippen LogP contribution is 2.26. The first kappa shape index (κ1) is 14.4. The summed E-state index contributed by atoms with van der Waals surface area (Å²) >= 11 is 11.7. The minimum atomic E-state index is -1.23. The first-order valence-corrected chi connectivity index (χ1v) is 6.17. The van der Waals surface area contributed by atoms with Gasteiger partial charge in [0.1, 0.15) is 11.3 Å². The van der Waals surface area contributed by atoms with Crippen molar-refractivity contribution in [3.05, 3.63) is 45.7 Å². The van der Waals surface area contributed by atoms with Gasteiger partial charge in [0, 0.05) is 12.1 Å². The number of nitrogens with zero attached hydrogens (tertiary/aromatic N) is 2. The third-order valence-electron chi connectivity index (χ3n) is 2.56. The fourth-order valence-corrected chi connectivity index (χ4v) is 2.09. The van der Waals surface area contributed by atoms with Crippen LogP contribution in [0.5, 0.6) is 0 Å². The molecule has 1 aromatic carbocycles. The van der Waals surface area contributed by atoms with E-state index in [0.29, 0.717) is 10.7 Å². The fourth-order valence-electron chi connectivity index (χ4n) is 1.64. The molecule has 0 atom stereocenters. The molecule has 0 aliphatic carbocycles. The molecule has 6 nitrogen and oxygen atoms in total. The Balaban J connectivity index is 2.33. The van der Waals surface area contributed by atoms with Crippen molar-refractivity contribution in [2.24, 2.45) is 7.05 Å². The molecule has 0 saturated carbocycles. The number of amides is 1. The van der Waals surface area contributed by atoms with Crippen LogP contribution < -0.4 is 5.32 Å². The number of carboxylic acids is 1. The lowest BCUT2D eigenvalue weighted by Crippen LogP contribution is -2.19. The van der Waals surface area contributed by atoms with Gasteiger partial charge >= 0.3 is 5.97 Å². The second-order valence-electron chi connectivity index (χ2n) is 3.91. The average molecular weight is 314 g/mol. The number of carbonyl (C=O) groups excluding carboxylic acids is 1. The van der Waals surface area contributed by atoms with Gasteiger partial charge in [-0.2, -0.15) is 5.10 Å². The van der Waals surface area contributed by atoms with Crippen molar-refractivity contribution in [1.29, 1.82) is 0 Å². The maximum absolute atomic E-state index is 12.1. The van der Waals surface area contributed by atoms with E-state index >= 15 is 0 Å². The second-order valence-corrected chi connectivity index (χ2v) is 4.76. The van der Waals surface area contributed by atoms with E-state index in [0.717, 1.165) is 6.20 Å². The summed E-state index contributed by atoms with van der Waals surface area (Å²) in [5, 5.41) is 16.0. The number of benzene rings is 1. The lowest BCUT2D eigenvalue weighted by atomic mass is 10.2. The Kier molecular flexibility index (Phi) is 3.96. The number of anilines is 1. The predicted octanol–water partition coefficient (Wildman–Crippen LogP) is 2.68. The maximum atomic E-state index is 12.1. The maximum Gasteiger partial charge on any atom is 0.339 e. The van der Waals surface area contributed by atoms with E-state index in [1.54, 1.807) is 6.07 Å². The molecule has 20 heavy (non-hydrogen) atoms. The molecule has 0 fully saturated rings. The molecule has 2 N–H and O–H groups in total. The minimum Gasteiger partial charge on any atom is -0.478 e. The largest absolute Gasteiger partial charge is 0.478 e. The van der Waals surface area contributed by atoms with E-state index in [2.05, 4.69) is 10.4 Å². The number of hydrogen-bond acceptors (Lipinski definition) is 3. The predicted molar refractivity (Wildman–Crippen MR) is 74.6 cm³/mol. The first-order valence-electron chi connectivity index (χ1n) is 5.42. The minimum absolute atomic E-state index is 0.0662. The molecule has 1 amide bonds. The zero-order valence-electron chi connectivity index (χ0n) is 10.2. The Morgan fingerprint density at radius 3 is 2.65 bits per heavy atom. The standard InChI is InChI=1S/C12H9Cl2N3O3/c1-17-10(7(5-15-17)12(19)20)11(18)16-9-3-2-6(13)4-8(9)14/h2-5H,1H3,(H,16,18)(H,19,20). The van der Waals surface area contributed by atoms with Crippen LogP contribution in [-0.4, -0.2) is 26.8 Å². The molecule has 1 aromatic heterocycles. The molecular formula is C12H9Cl2N3O3. The summed E-state index contributed by atoms with van der Waals surface area (Å²) in [6, 6.07) is 4.56. The van der Waals surface area contributed by atoms with Crippen LogP contribution in [0, 0.1) is 0 Å². The normalized spacial score (nSPS) is 10.3. The van der Waals surface area contributed by atoms with Gasteiger partial charge in [0.2, 0.25) is 0 Å². The van der Waals surface area contributed by atoms with Crippen molar-refractivity contribution in [2.75, 3.05) is 5.32 Å². The van der Waals surface area contributed by atoms with Gasteiger partial charge in [-0.15, -0.1) is 0 Å². The van der Waals surface area contributed by atoms with Gasteiger partial charge in [-0.25, -0.2) is 4.79 Å². The number of carboxylic acid groups (broad SMARTS) is 1. The van der Waals surface area contributed by atoms with Gasteiger partial charge in [-0.1, -0.05) is 23.2 Å². The van der Waals surface area contributed by atoms with Crippen molar-refractivity contribution in [1.82, 2.24) is 9.78 Å². The number of carbonyl (C=O) groups is 2. The smallest absolute Gasteiger partial charge is 0.339 e. The number of aromatic carboxylic acids is 1. The van der Waals surface area contributed by atoms with Crippen molar-refractivity contribution in [3.63, 3.8) is 0 Å². The van der Waals surface area contributed by atoms with Crippen LogP contribution in [0.1, 0.15) is 20.8 Å². The van der Waals surface area contributed by atoms with Crippen LogP contribution in [0.25, 0.3) is 0 Å². The second kappa shape index (κ2) is 5.52. The van der Waals surface area contributed by atoms with Crippen molar-refractivity contribution in [2.45, 2.75) is 0 Å². The fraction of sp³-hybridized carbons (Fsp3) is 0.0833. The van der Waals surface area contributed by atoms with Crippen LogP contribution in [0.15, 0.2) is 24.4 Å². The zero-order valence-corrected chi connectivity index (χ0v) is 11.7. The Bertz CT molecular complexity index is 697. The Hall–Kier alpha value is -2.05. The summed E-state index contributed by atoms with van der Waals surface area (Å²) in [4.78, 5) is 23.2. The van der Waals surface area contributed by atoms with E-state index in [9.17, 15) is 9.59 Å². The molecule has 104 valence electrons. The molecule has 8 heteroatoms. The zero-order chi connectivity index (χ0) is 14.9. The van der Waals surface area contributed by atoms with Crippen LogP contribution in [-0.2, 0) is 7.05 Å². The van der Waals surface area contributed by atoms with E-state index in [1.165, 1.54) is 23.9 Å². The number of aryl methyl sites for hydroxylation is 1. The molecule has 0 aliphatic rings. The highest BCUT2D eigenvalue weighted by atomic mass is 35.5. The van der Waals surface area contributed by atoms with E-state index < -0.39 is 11.9 Å². The first-order chi connectivity index (χ1) is 9.40. The number of hydrogen-bond donors (Lipinski definition) is 2. The highest BCUT2D eigenvalue weighted by molar-refractivity contribution is 6.36. The number of halogens is 2. The lowest BCUT2D eigenvalue weighted by molar-refractivity contribution is 0.0692. The van der Waals surface area contributed by atoms with Crippen molar-refractivity contribution >= 4 is 40.8 Å². The molecule has 0 spiro atoms. The molecular weight excluding hydrogens is 305 g/mol. The summed E-state index contributed by atoms with van der Waals surface area (Å²) in [6.45, 7) is 0. The van der Waals surface area contributed by atoms with Crippen LogP contribution >= 0.6 is 23.2 Å². The van der Waals surface area contributed by atoms with E-state index in [1.807, 2.05) is 0 Å². The molecule has 0 bridgehead atoms. The summed E-state index contributed by atoms with van der Waals surface area (Å²) < 4.78 is 1.18. The summed E-state index contributed by atoms with van der Waals surface area (Å²) in [7, 11) is 1.48. The van der Waals surface area contributed by atoms with Gasteiger partial charge < -0.3 is 10.4 Å². The van der Waals surface area contributed by atoms with Gasteiger partial charge in [-0.05, 0) is 18.2 Å². The van der Waals surface area contributed by atoms with Crippen LogP contribution in [0.4, 0.5) is 5.69 Å². The van der Waals surface area contributed by atoms with Gasteiger partial charge in [0.15, 0.2) is 0 Å². The number of aromatic nitrogens is 2. The van der Waals surface area contributed by atoms with E-state index in [-0.39, 0.29) is 16.3 Å². The van der Waals surface area contributed by atoms with Gasteiger partial charge in [-0.3, -0.25) is 9.48 Å². The summed E-state index contributed by atoms with van der Waals surface area (Å²) in [5.74, 6) is -1.85. The average Bonchev–Trinajstić information content (AvgIpc) is 2.75. The molecule has 1 heterocycles. The third kappa shape index (κ3) is 2.76. The van der Waals surface area contributed by atoms with Gasteiger partial charge in [0.25, 0.3) is 5.91 Å². The quantitative estimate of drug-likeness (QED) is 0.912. The van der Waals surface area contributed by atoms with Crippen LogP contribution in [0.2, 0.25) is 10.0 Å². The molecule has 0 saturated heterocycles. The van der Waals surface area contributed by atoms with Gasteiger partial charge in [0.05, 0.1) is 16.9 Å². The number of nitrogens with one attached hydrogen (secondary N) is 1. The number of rotatable bonds is 3. The molecule has 0 radical (unpaired) electrons. The lowest BCUT2D eigenvalue weighted by Gasteiger charge is -2.08. The van der Waals surface area contributed by atoms with Crippen molar-refractivity contribution < 1.29 is 14.7 Å². The molecule has 0 unspecified atom stereocenters. The summed E-state index contributed by atoms with van der Waals surface area (Å²) in [6.07, 6.45) is 1.11. The van der Waals surface area contributed by atoms with E-state index in [4.69, 9.17) is 28.3 Å². The summed E-state index contributed by atoms with van der Waals surface area (Å²) in [5.41, 5.74) is 0.0807. The Morgan fingerprint density at radius 1 is 1.35 bits per heavy atom. The topological polar surface area (TPSA) is 84.2 Å². The SMILES string of the molecule is Cn1ncc(C(=O)O)c1C(=O)Nc1ccc(Cl)cc1Cl.